The summed E-state index contributed by atoms with van der Waals surface area (Å²) in [6, 6.07) is 0. The van der Waals surface area contributed by atoms with Gasteiger partial charge < -0.3 is 0 Å². The van der Waals surface area contributed by atoms with E-state index in [0.717, 1.165) is 25.7 Å². The Morgan fingerprint density at radius 3 is 0.787 bits per heavy atom. The van der Waals surface area contributed by atoms with Crippen molar-refractivity contribution in [2.75, 3.05) is 0 Å². The fraction of sp³-hybridized carbons (Fsp3) is 0.579. The van der Waals surface area contributed by atoms with Gasteiger partial charge in [0.15, 0.2) is 0 Å². The number of carbonyl (C=O) groups is 8. The number of hydrogen-bond acceptors (Lipinski definition) is 8. The molecule has 0 unspecified atom stereocenters. The van der Waals surface area contributed by atoms with Gasteiger partial charge in [0.25, 0.3) is 0 Å². The topological polar surface area (TPSA) is 137 Å². The van der Waals surface area contributed by atoms with Crippen LogP contribution in [0.3, 0.4) is 0 Å². The molecular weight excluding hydrogens is 685 g/mol. The van der Waals surface area contributed by atoms with E-state index in [1.165, 1.54) is 13.8 Å². The van der Waals surface area contributed by atoms with E-state index in [9.17, 15) is 38.4 Å². The minimum Gasteiger partial charge on any atom is -0.300 e. The molecule has 9 heteroatoms. The minimum absolute atomic E-state index is 0. The summed E-state index contributed by atoms with van der Waals surface area (Å²) in [4.78, 5) is 86.7. The molecule has 0 aromatic heterocycles. The molecule has 0 fully saturated rings. The van der Waals surface area contributed by atoms with Gasteiger partial charge in [-0.25, -0.2) is 0 Å². The second-order valence-corrected chi connectivity index (χ2v) is 10.9. The maximum Gasteiger partial charge on any atom is 0.140 e. The molecule has 0 saturated heterocycles. The molecule has 270 valence electrons. The molecule has 0 radical (unpaired) electrons. The second kappa shape index (κ2) is 41.0. The molecule has 0 aromatic carbocycles. The van der Waals surface area contributed by atoms with Crippen molar-refractivity contribution in [2.24, 2.45) is 0 Å². The Labute approximate surface area is 298 Å². The van der Waals surface area contributed by atoms with Crippen LogP contribution < -0.4 is 0 Å². The Morgan fingerprint density at radius 2 is 0.638 bits per heavy atom. The molecule has 0 aromatic rings. The Hall–Kier alpha value is -3.06. The second-order valence-electron chi connectivity index (χ2n) is 10.9. The molecular formula is C38H62O8Ru. The Bertz CT molecular complexity index is 865. The predicted molar refractivity (Wildman–Crippen MR) is 189 cm³/mol. The van der Waals surface area contributed by atoms with Crippen molar-refractivity contribution >= 4 is 46.3 Å². The van der Waals surface area contributed by atoms with Crippen LogP contribution in [0.15, 0.2) is 50.6 Å². The summed E-state index contributed by atoms with van der Waals surface area (Å²) in [7, 11) is 0. The third kappa shape index (κ3) is 52.7. The zero-order valence-electron chi connectivity index (χ0n) is 29.5. The van der Waals surface area contributed by atoms with E-state index in [2.05, 4.69) is 26.3 Å². The summed E-state index contributed by atoms with van der Waals surface area (Å²) in [5, 5.41) is 0. The summed E-state index contributed by atoms with van der Waals surface area (Å²) < 4.78 is 0. The molecule has 0 heterocycles. The quantitative estimate of drug-likeness (QED) is 0.0488. The zero-order valence-corrected chi connectivity index (χ0v) is 31.2. The number of rotatable bonds is 26. The molecule has 0 bridgehead atoms. The van der Waals surface area contributed by atoms with E-state index in [0.29, 0.717) is 64.2 Å². The van der Waals surface area contributed by atoms with Gasteiger partial charge in [-0.3, -0.25) is 38.4 Å². The van der Waals surface area contributed by atoms with Crippen LogP contribution in [0.25, 0.3) is 0 Å². The van der Waals surface area contributed by atoms with Crippen LogP contribution in [0.1, 0.15) is 145 Å². The maximum atomic E-state index is 11.2. The number of allylic oxidation sites excluding steroid dienone is 4. The van der Waals surface area contributed by atoms with Gasteiger partial charge in [0.05, 0.1) is 25.7 Å². The number of ketones is 8. The monoisotopic (exact) mass is 748 g/mol. The first-order valence-corrected chi connectivity index (χ1v) is 16.3. The van der Waals surface area contributed by atoms with Crippen molar-refractivity contribution in [2.45, 2.75) is 143 Å². The largest absolute Gasteiger partial charge is 0.300 e. The van der Waals surface area contributed by atoms with Crippen molar-refractivity contribution < 1.29 is 59.3 Å². The van der Waals surface area contributed by atoms with E-state index in [1.54, 1.807) is 24.3 Å². The minimum atomic E-state index is -0.0625. The fourth-order valence-electron chi connectivity index (χ4n) is 3.34. The third-order valence-corrected chi connectivity index (χ3v) is 5.81. The van der Waals surface area contributed by atoms with Gasteiger partial charge in [0.2, 0.25) is 0 Å². The van der Waals surface area contributed by atoms with E-state index < -0.39 is 0 Å². The molecule has 0 aliphatic rings. The van der Waals surface area contributed by atoms with Crippen molar-refractivity contribution in [3.05, 3.63) is 50.6 Å². The van der Waals surface area contributed by atoms with Gasteiger partial charge in [-0.1, -0.05) is 51.0 Å². The molecule has 8 nitrogen and oxygen atoms in total. The van der Waals surface area contributed by atoms with Gasteiger partial charge >= 0.3 is 0 Å². The molecule has 0 aliphatic carbocycles. The van der Waals surface area contributed by atoms with Crippen molar-refractivity contribution in [1.82, 2.24) is 0 Å². The van der Waals surface area contributed by atoms with Crippen LogP contribution in [0.4, 0.5) is 0 Å². The Kier molecular flexibility index (Phi) is 46.6. The summed E-state index contributed by atoms with van der Waals surface area (Å²) >= 11 is 0. The third-order valence-electron chi connectivity index (χ3n) is 5.81. The number of Topliss-reactive ketones (excluding diaryl/α,β-unsaturated/α-hetero) is 8. The van der Waals surface area contributed by atoms with E-state index in [4.69, 9.17) is 0 Å². The van der Waals surface area contributed by atoms with Gasteiger partial charge in [0.1, 0.15) is 46.3 Å². The predicted octanol–water partition coefficient (Wildman–Crippen LogP) is 8.59. The van der Waals surface area contributed by atoms with Crippen molar-refractivity contribution in [3.63, 3.8) is 0 Å². The summed E-state index contributed by atoms with van der Waals surface area (Å²) in [5.74, 6) is 0.136. The van der Waals surface area contributed by atoms with Crippen LogP contribution in [0.5, 0.6) is 0 Å². The normalized spacial score (nSPS) is 9.11. The number of hydrogen-bond donors (Lipinski definition) is 0. The SMILES string of the molecule is C=CCCC(=O)CC(=O)CCC=C.C=CCCC(=O)CC(=O)CCC=C.CC(=O)CC(C)=O.CCCCC(=O)CC(=O)CCCC.[HH].[Ru]. The average molecular weight is 748 g/mol. The van der Waals surface area contributed by atoms with Crippen molar-refractivity contribution in [1.29, 1.82) is 0 Å². The number of carbonyl (C=O) groups excluding carboxylic acids is 8. The summed E-state index contributed by atoms with van der Waals surface area (Å²) in [6.45, 7) is 20.9. The Balaban J connectivity index is -0.000000123. The van der Waals surface area contributed by atoms with E-state index >= 15 is 0 Å². The summed E-state index contributed by atoms with van der Waals surface area (Å²) in [6.07, 6.45) is 16.5. The molecule has 0 saturated carbocycles. The maximum absolute atomic E-state index is 11.2. The molecule has 0 atom stereocenters. The average Bonchev–Trinajstić information content (AvgIpc) is 2.98. The van der Waals surface area contributed by atoms with E-state index in [1.807, 2.05) is 13.8 Å². The summed E-state index contributed by atoms with van der Waals surface area (Å²) in [5.41, 5.74) is 0. The van der Waals surface area contributed by atoms with Gasteiger partial charge in [-0.15, -0.1) is 26.3 Å². The standard InChI is InChI=1S/C11H20O2.2C11H16O2.C5H8O2.Ru.H2/c3*1-3-5-7-10(12)9-11(13)8-6-4-2;1-4(6)3-5(2)7;;/h3-9H2,1-2H3;2*3-4H,1-2,5-9H2;3H2,1-2H3;;1H. The smallest absolute Gasteiger partial charge is 0.140 e. The Morgan fingerprint density at radius 1 is 0.426 bits per heavy atom. The zero-order chi connectivity index (χ0) is 36.2. The number of unbranched alkanes of at least 4 members (excludes halogenated alkanes) is 2. The van der Waals surface area contributed by atoms with Crippen LogP contribution in [0.2, 0.25) is 0 Å². The molecule has 0 spiro atoms. The first-order valence-electron chi connectivity index (χ1n) is 16.3. The van der Waals surface area contributed by atoms with Gasteiger partial charge in [-0.05, 0) is 52.4 Å². The van der Waals surface area contributed by atoms with Crippen LogP contribution in [-0.2, 0) is 57.8 Å². The molecule has 0 aliphatic heterocycles. The molecule has 47 heavy (non-hydrogen) atoms. The molecule has 0 N–H and O–H groups in total. The van der Waals surface area contributed by atoms with Gasteiger partial charge in [0, 0.05) is 59.4 Å². The van der Waals surface area contributed by atoms with Gasteiger partial charge in [-0.2, -0.15) is 0 Å². The van der Waals surface area contributed by atoms with E-state index in [-0.39, 0.29) is 92.9 Å². The van der Waals surface area contributed by atoms with Crippen LogP contribution >= 0.6 is 0 Å². The fourth-order valence-corrected chi connectivity index (χ4v) is 3.34. The van der Waals surface area contributed by atoms with Crippen LogP contribution in [0, 0.1) is 0 Å². The molecule has 0 amide bonds. The first-order chi connectivity index (χ1) is 21.7. The van der Waals surface area contributed by atoms with Crippen LogP contribution in [-0.4, -0.2) is 46.3 Å². The molecule has 0 rings (SSSR count). The first kappa shape index (κ1) is 53.4. The van der Waals surface area contributed by atoms with Crippen molar-refractivity contribution in [3.8, 4) is 0 Å².